The number of sulfonamides is 1. The highest BCUT2D eigenvalue weighted by molar-refractivity contribution is 7.92. The van der Waals surface area contributed by atoms with E-state index >= 15 is 0 Å². The van der Waals surface area contributed by atoms with Crippen molar-refractivity contribution in [1.82, 2.24) is 5.32 Å². The summed E-state index contributed by atoms with van der Waals surface area (Å²) in [4.78, 5) is 12.6. The molecule has 1 N–H and O–H groups in total. The number of rotatable bonds is 9. The summed E-state index contributed by atoms with van der Waals surface area (Å²) in [5.41, 5.74) is 4.28. The van der Waals surface area contributed by atoms with Crippen LogP contribution in [0.2, 0.25) is 0 Å². The van der Waals surface area contributed by atoms with Crippen LogP contribution in [0.3, 0.4) is 0 Å². The van der Waals surface area contributed by atoms with Crippen LogP contribution in [0, 0.1) is 31.6 Å². The molecule has 4 fully saturated rings. The van der Waals surface area contributed by atoms with Crippen molar-refractivity contribution in [3.63, 3.8) is 0 Å². The second kappa shape index (κ2) is 9.73. The molecular formula is C29H38N2O4S. The number of amides is 1. The minimum atomic E-state index is -3.61. The van der Waals surface area contributed by atoms with Gasteiger partial charge in [0, 0.05) is 0 Å². The van der Waals surface area contributed by atoms with Gasteiger partial charge in [-0.15, -0.1) is 0 Å². The van der Waals surface area contributed by atoms with Crippen molar-refractivity contribution in [2.24, 2.45) is 17.8 Å². The molecule has 4 aliphatic carbocycles. The second-order valence-corrected chi connectivity index (χ2v) is 13.4. The van der Waals surface area contributed by atoms with E-state index in [4.69, 9.17) is 4.74 Å². The maximum Gasteiger partial charge on any atom is 0.240 e. The summed E-state index contributed by atoms with van der Waals surface area (Å²) in [5.74, 6) is 3.00. The van der Waals surface area contributed by atoms with Crippen molar-refractivity contribution >= 4 is 21.6 Å². The highest BCUT2D eigenvalue weighted by atomic mass is 32.2. The Hall–Kier alpha value is -2.54. The molecule has 0 aliphatic heterocycles. The number of hydrogen-bond donors (Lipinski definition) is 1. The lowest BCUT2D eigenvalue weighted by Gasteiger charge is -2.57. The second-order valence-electron chi connectivity index (χ2n) is 11.5. The van der Waals surface area contributed by atoms with Crippen molar-refractivity contribution in [3.05, 3.63) is 59.2 Å². The van der Waals surface area contributed by atoms with E-state index in [1.165, 1.54) is 48.4 Å². The van der Waals surface area contributed by atoms with Crippen LogP contribution in [-0.2, 0) is 20.2 Å². The predicted molar refractivity (Wildman–Crippen MR) is 143 cm³/mol. The standard InChI is InChI=1S/C29H38N2O4S/c1-20-4-5-21(2)27(12-20)35-11-10-30-28(32)19-31(36(3,33)34)26-8-6-25(7-9-26)29-16-22-13-23(17-29)15-24(14-22)18-29/h4-9,12,22-24H,10-11,13-19H2,1-3H3,(H,30,32). The van der Waals surface area contributed by atoms with Gasteiger partial charge in [0.05, 0.1) is 18.5 Å². The topological polar surface area (TPSA) is 75.7 Å². The molecule has 6 nitrogen and oxygen atoms in total. The molecule has 0 unspecified atom stereocenters. The number of anilines is 1. The van der Waals surface area contributed by atoms with Crippen molar-refractivity contribution in [2.45, 2.75) is 57.8 Å². The van der Waals surface area contributed by atoms with Gasteiger partial charge in [0.25, 0.3) is 0 Å². The summed E-state index contributed by atoms with van der Waals surface area (Å²) in [6.45, 7) is 4.35. The van der Waals surface area contributed by atoms with E-state index in [9.17, 15) is 13.2 Å². The van der Waals surface area contributed by atoms with Crippen LogP contribution in [0.5, 0.6) is 5.75 Å². The van der Waals surface area contributed by atoms with Gasteiger partial charge in [-0.1, -0.05) is 24.3 Å². The first kappa shape index (κ1) is 25.1. The molecule has 2 aromatic rings. The van der Waals surface area contributed by atoms with E-state index < -0.39 is 10.0 Å². The number of carbonyl (C=O) groups excluding carboxylic acids is 1. The first-order chi connectivity index (χ1) is 17.1. The molecule has 2 aromatic carbocycles. The minimum Gasteiger partial charge on any atom is -0.491 e. The Morgan fingerprint density at radius 3 is 2.19 bits per heavy atom. The maximum absolute atomic E-state index is 12.6. The Morgan fingerprint density at radius 1 is 1.00 bits per heavy atom. The Bertz CT molecular complexity index is 1190. The van der Waals surface area contributed by atoms with E-state index in [1.54, 1.807) is 0 Å². The number of carbonyl (C=O) groups is 1. The van der Waals surface area contributed by atoms with Crippen LogP contribution in [0.4, 0.5) is 5.69 Å². The first-order valence-corrected chi connectivity index (χ1v) is 15.0. The minimum absolute atomic E-state index is 0.251. The van der Waals surface area contributed by atoms with E-state index in [1.807, 2.05) is 44.2 Å². The average Bonchev–Trinajstić information content (AvgIpc) is 2.81. The van der Waals surface area contributed by atoms with Gasteiger partial charge < -0.3 is 10.1 Å². The van der Waals surface area contributed by atoms with Crippen LogP contribution >= 0.6 is 0 Å². The lowest BCUT2D eigenvalue weighted by molar-refractivity contribution is -0.119. The number of nitrogens with one attached hydrogen (secondary N) is 1. The van der Waals surface area contributed by atoms with Gasteiger partial charge >= 0.3 is 0 Å². The van der Waals surface area contributed by atoms with Crippen molar-refractivity contribution in [2.75, 3.05) is 30.3 Å². The third-order valence-electron chi connectivity index (χ3n) is 8.52. The molecule has 7 heteroatoms. The van der Waals surface area contributed by atoms with Crippen LogP contribution < -0.4 is 14.4 Å². The monoisotopic (exact) mass is 510 g/mol. The smallest absolute Gasteiger partial charge is 0.240 e. The van der Waals surface area contributed by atoms with Gasteiger partial charge in [-0.25, -0.2) is 8.42 Å². The first-order valence-electron chi connectivity index (χ1n) is 13.2. The molecule has 6 rings (SSSR count). The maximum atomic E-state index is 12.6. The summed E-state index contributed by atoms with van der Waals surface area (Å²) in [5, 5.41) is 2.79. The van der Waals surface area contributed by atoms with Gasteiger partial charge in [-0.2, -0.15) is 0 Å². The zero-order valence-electron chi connectivity index (χ0n) is 21.6. The lowest BCUT2D eigenvalue weighted by Crippen LogP contribution is -2.48. The zero-order valence-corrected chi connectivity index (χ0v) is 22.4. The lowest BCUT2D eigenvalue weighted by atomic mass is 9.48. The number of aryl methyl sites for hydroxylation is 2. The molecule has 0 saturated heterocycles. The van der Waals surface area contributed by atoms with Crippen molar-refractivity contribution in [1.29, 1.82) is 0 Å². The van der Waals surface area contributed by atoms with Crippen LogP contribution in [-0.4, -0.2) is 40.3 Å². The predicted octanol–water partition coefficient (Wildman–Crippen LogP) is 4.73. The number of nitrogens with zero attached hydrogens (tertiary/aromatic N) is 1. The molecule has 0 aromatic heterocycles. The Morgan fingerprint density at radius 2 is 1.61 bits per heavy atom. The van der Waals surface area contributed by atoms with Gasteiger partial charge in [-0.3, -0.25) is 9.10 Å². The summed E-state index contributed by atoms with van der Waals surface area (Å²) in [6, 6.07) is 14.0. The molecule has 1 amide bonds. The molecule has 4 saturated carbocycles. The molecule has 0 radical (unpaired) electrons. The van der Waals surface area contributed by atoms with Crippen LogP contribution in [0.25, 0.3) is 0 Å². The molecule has 4 aliphatic rings. The highest BCUT2D eigenvalue weighted by Crippen LogP contribution is 2.60. The summed E-state index contributed by atoms with van der Waals surface area (Å²) in [7, 11) is -3.61. The SMILES string of the molecule is Cc1ccc(C)c(OCCNC(=O)CN(c2ccc(C34CC5CC(CC(C5)C3)C4)cc2)S(C)(=O)=O)c1. The molecule has 0 atom stereocenters. The Balaban J connectivity index is 1.21. The molecule has 4 bridgehead atoms. The Kier molecular flexibility index (Phi) is 6.79. The fourth-order valence-corrected chi connectivity index (χ4v) is 8.10. The third kappa shape index (κ3) is 5.26. The Labute approximate surface area is 215 Å². The molecule has 0 spiro atoms. The highest BCUT2D eigenvalue weighted by Gasteiger charge is 2.51. The van der Waals surface area contributed by atoms with Crippen LogP contribution in [0.1, 0.15) is 55.2 Å². The van der Waals surface area contributed by atoms with E-state index in [2.05, 4.69) is 17.4 Å². The van der Waals surface area contributed by atoms with Gasteiger partial charge in [0.1, 0.15) is 18.9 Å². The third-order valence-corrected chi connectivity index (χ3v) is 9.66. The summed E-state index contributed by atoms with van der Waals surface area (Å²) >= 11 is 0. The fourth-order valence-electron chi connectivity index (χ4n) is 7.25. The quantitative estimate of drug-likeness (QED) is 0.495. The zero-order chi connectivity index (χ0) is 25.5. The fraction of sp³-hybridized carbons (Fsp3) is 0.552. The van der Waals surface area contributed by atoms with E-state index in [-0.39, 0.29) is 17.9 Å². The number of hydrogen-bond acceptors (Lipinski definition) is 4. The number of ether oxygens (including phenoxy) is 1. The van der Waals surface area contributed by atoms with Gasteiger partial charge in [-0.05, 0) is 110 Å². The van der Waals surface area contributed by atoms with Crippen molar-refractivity contribution < 1.29 is 17.9 Å². The van der Waals surface area contributed by atoms with Gasteiger partial charge in [0.2, 0.25) is 15.9 Å². The summed E-state index contributed by atoms with van der Waals surface area (Å²) < 4.78 is 32.1. The molecule has 194 valence electrons. The molecule has 0 heterocycles. The van der Waals surface area contributed by atoms with Crippen molar-refractivity contribution in [3.8, 4) is 5.75 Å². The van der Waals surface area contributed by atoms with Gasteiger partial charge in [0.15, 0.2) is 0 Å². The van der Waals surface area contributed by atoms with E-state index in [0.717, 1.165) is 40.9 Å². The largest absolute Gasteiger partial charge is 0.491 e. The summed E-state index contributed by atoms with van der Waals surface area (Å²) in [6.07, 6.45) is 9.12. The number of benzene rings is 2. The van der Waals surface area contributed by atoms with Crippen LogP contribution in [0.15, 0.2) is 42.5 Å². The average molecular weight is 511 g/mol. The molecule has 36 heavy (non-hydrogen) atoms. The molecular weight excluding hydrogens is 472 g/mol. The normalized spacial score (nSPS) is 26.6. The van der Waals surface area contributed by atoms with E-state index in [0.29, 0.717) is 18.8 Å².